The van der Waals surface area contributed by atoms with E-state index in [0.29, 0.717) is 0 Å². The van der Waals surface area contributed by atoms with Crippen LogP contribution in [0.25, 0.3) is 0 Å². The third-order valence-corrected chi connectivity index (χ3v) is 2.19. The van der Waals surface area contributed by atoms with Crippen molar-refractivity contribution in [3.8, 4) is 0 Å². The van der Waals surface area contributed by atoms with E-state index in [4.69, 9.17) is 4.74 Å². The molecule has 2 rings (SSSR count). The van der Waals surface area contributed by atoms with Gasteiger partial charge in [0.15, 0.2) is 0 Å². The monoisotopic (exact) mass is 243 g/mol. The molecule has 1 heterocycles. The number of hydrazone groups is 1. The molecule has 0 fully saturated rings. The van der Waals surface area contributed by atoms with Crippen LogP contribution in [0.1, 0.15) is 11.3 Å². The van der Waals surface area contributed by atoms with Crippen molar-refractivity contribution in [2.45, 2.75) is 6.61 Å². The van der Waals surface area contributed by atoms with Gasteiger partial charge in [0.2, 0.25) is 0 Å². The van der Waals surface area contributed by atoms with Crippen LogP contribution in [0.2, 0.25) is 0 Å². The smallest absolute Gasteiger partial charge is 0.428 e. The third kappa shape index (κ3) is 3.79. The van der Waals surface area contributed by atoms with E-state index in [2.05, 4.69) is 15.5 Å². The van der Waals surface area contributed by atoms with Gasteiger partial charge in [-0.15, -0.1) is 0 Å². The molecule has 0 bridgehead atoms. The molecule has 0 radical (unpaired) electrons. The van der Waals surface area contributed by atoms with E-state index in [-0.39, 0.29) is 6.61 Å². The number of hydrogen-bond donors (Lipinski definition) is 2. The van der Waals surface area contributed by atoms with Crippen LogP contribution in [-0.2, 0) is 11.3 Å². The number of benzene rings is 1. The van der Waals surface area contributed by atoms with E-state index in [1.165, 1.54) is 6.21 Å². The number of rotatable bonds is 4. The summed E-state index contributed by atoms with van der Waals surface area (Å²) >= 11 is 0. The fourth-order valence-corrected chi connectivity index (χ4v) is 1.33. The molecule has 5 heteroatoms. The number of H-pyrrole nitrogens is 1. The van der Waals surface area contributed by atoms with Gasteiger partial charge in [-0.25, -0.2) is 10.2 Å². The summed E-state index contributed by atoms with van der Waals surface area (Å²) in [7, 11) is 0. The first-order valence-corrected chi connectivity index (χ1v) is 5.48. The SMILES string of the molecule is O=C(N/N=C/c1ccc[nH]1)OCc1ccccc1. The van der Waals surface area contributed by atoms with Gasteiger partial charge in [0.25, 0.3) is 0 Å². The molecule has 0 aliphatic carbocycles. The Balaban J connectivity index is 1.73. The summed E-state index contributed by atoms with van der Waals surface area (Å²) in [6.45, 7) is 0.227. The second-order valence-corrected chi connectivity index (χ2v) is 3.56. The second-order valence-electron chi connectivity index (χ2n) is 3.56. The predicted octanol–water partition coefficient (Wildman–Crippen LogP) is 2.28. The van der Waals surface area contributed by atoms with Gasteiger partial charge >= 0.3 is 6.09 Å². The van der Waals surface area contributed by atoms with Gasteiger partial charge in [0, 0.05) is 6.20 Å². The molecule has 0 saturated heterocycles. The number of aromatic nitrogens is 1. The molecule has 0 aliphatic rings. The standard InChI is InChI=1S/C13H13N3O2/c17-13(16-15-9-12-7-4-8-14-12)18-10-11-5-2-1-3-6-11/h1-9,14H,10H2,(H,16,17)/b15-9+. The summed E-state index contributed by atoms with van der Waals surface area (Å²) in [4.78, 5) is 14.2. The van der Waals surface area contributed by atoms with Crippen LogP contribution in [0.4, 0.5) is 4.79 Å². The molecule has 0 unspecified atom stereocenters. The molecule has 0 saturated carbocycles. The van der Waals surface area contributed by atoms with Crippen molar-refractivity contribution in [2.24, 2.45) is 5.10 Å². The first-order valence-electron chi connectivity index (χ1n) is 5.48. The van der Waals surface area contributed by atoms with Crippen LogP contribution >= 0.6 is 0 Å². The number of amides is 1. The number of nitrogens with zero attached hydrogens (tertiary/aromatic N) is 1. The molecular weight excluding hydrogens is 230 g/mol. The summed E-state index contributed by atoms with van der Waals surface area (Å²) in [6, 6.07) is 13.1. The van der Waals surface area contributed by atoms with Gasteiger partial charge in [-0.1, -0.05) is 30.3 Å². The van der Waals surface area contributed by atoms with Gasteiger partial charge in [0.05, 0.1) is 11.9 Å². The number of ether oxygens (including phenoxy) is 1. The zero-order chi connectivity index (χ0) is 12.6. The van der Waals surface area contributed by atoms with Gasteiger partial charge in [-0.2, -0.15) is 5.10 Å². The van der Waals surface area contributed by atoms with Crippen molar-refractivity contribution in [1.29, 1.82) is 0 Å². The Morgan fingerprint density at radius 1 is 1.28 bits per heavy atom. The molecular formula is C13H13N3O2. The van der Waals surface area contributed by atoms with E-state index in [1.807, 2.05) is 42.5 Å². The normalized spacial score (nSPS) is 10.4. The summed E-state index contributed by atoms with van der Waals surface area (Å²) < 4.78 is 4.97. The first kappa shape index (κ1) is 11.9. The largest absolute Gasteiger partial charge is 0.443 e. The molecule has 92 valence electrons. The van der Waals surface area contributed by atoms with Gasteiger partial charge in [-0.3, -0.25) is 0 Å². The van der Waals surface area contributed by atoms with Crippen molar-refractivity contribution in [1.82, 2.24) is 10.4 Å². The van der Waals surface area contributed by atoms with Crippen LogP contribution in [0.3, 0.4) is 0 Å². The van der Waals surface area contributed by atoms with Crippen molar-refractivity contribution < 1.29 is 9.53 Å². The number of carbonyl (C=O) groups excluding carboxylic acids is 1. The maximum Gasteiger partial charge on any atom is 0.428 e. The van der Waals surface area contributed by atoms with E-state index < -0.39 is 6.09 Å². The fraction of sp³-hybridized carbons (Fsp3) is 0.0769. The minimum Gasteiger partial charge on any atom is -0.443 e. The van der Waals surface area contributed by atoms with E-state index in [1.54, 1.807) is 6.20 Å². The zero-order valence-corrected chi connectivity index (χ0v) is 9.67. The highest BCUT2D eigenvalue weighted by molar-refractivity contribution is 5.78. The Morgan fingerprint density at radius 2 is 2.11 bits per heavy atom. The summed E-state index contributed by atoms with van der Waals surface area (Å²) in [5.74, 6) is 0. The van der Waals surface area contributed by atoms with E-state index in [0.717, 1.165) is 11.3 Å². The zero-order valence-electron chi connectivity index (χ0n) is 9.67. The highest BCUT2D eigenvalue weighted by Crippen LogP contribution is 2.00. The first-order chi connectivity index (χ1) is 8.84. The van der Waals surface area contributed by atoms with Gasteiger partial charge < -0.3 is 9.72 Å². The van der Waals surface area contributed by atoms with E-state index in [9.17, 15) is 4.79 Å². The summed E-state index contributed by atoms with van der Waals surface area (Å²) in [6.07, 6.45) is 2.69. The molecule has 1 aromatic heterocycles. The maximum atomic E-state index is 11.3. The number of carbonyl (C=O) groups is 1. The average Bonchev–Trinajstić information content (AvgIpc) is 2.91. The van der Waals surface area contributed by atoms with E-state index >= 15 is 0 Å². The average molecular weight is 243 g/mol. The lowest BCUT2D eigenvalue weighted by atomic mass is 10.2. The number of hydrogen-bond acceptors (Lipinski definition) is 3. The minimum atomic E-state index is -0.582. The summed E-state index contributed by atoms with van der Waals surface area (Å²) in [5.41, 5.74) is 4.01. The van der Waals surface area contributed by atoms with Crippen molar-refractivity contribution in [3.05, 3.63) is 59.9 Å². The molecule has 2 aromatic rings. The molecule has 0 aliphatic heterocycles. The maximum absolute atomic E-state index is 11.3. The molecule has 5 nitrogen and oxygen atoms in total. The lowest BCUT2D eigenvalue weighted by Crippen LogP contribution is -2.18. The Hall–Kier alpha value is -2.56. The van der Waals surface area contributed by atoms with Crippen molar-refractivity contribution >= 4 is 12.3 Å². The Labute approximate surface area is 104 Å². The molecule has 2 N–H and O–H groups in total. The van der Waals surface area contributed by atoms with Gasteiger partial charge in [0.1, 0.15) is 6.61 Å². The van der Waals surface area contributed by atoms with Crippen LogP contribution in [0, 0.1) is 0 Å². The Bertz CT molecular complexity index is 506. The lowest BCUT2D eigenvalue weighted by Gasteiger charge is -2.03. The molecule has 0 spiro atoms. The lowest BCUT2D eigenvalue weighted by molar-refractivity contribution is 0.140. The van der Waals surface area contributed by atoms with Crippen LogP contribution in [0.5, 0.6) is 0 Å². The summed E-state index contributed by atoms with van der Waals surface area (Å²) in [5, 5.41) is 3.75. The van der Waals surface area contributed by atoms with Gasteiger partial charge in [-0.05, 0) is 17.7 Å². The second kappa shape index (κ2) is 6.24. The van der Waals surface area contributed by atoms with Crippen molar-refractivity contribution in [2.75, 3.05) is 0 Å². The Kier molecular flexibility index (Phi) is 4.13. The topological polar surface area (TPSA) is 66.5 Å². The minimum absolute atomic E-state index is 0.227. The molecule has 1 amide bonds. The van der Waals surface area contributed by atoms with Crippen LogP contribution < -0.4 is 5.43 Å². The van der Waals surface area contributed by atoms with Crippen molar-refractivity contribution in [3.63, 3.8) is 0 Å². The van der Waals surface area contributed by atoms with Crippen LogP contribution in [0.15, 0.2) is 53.8 Å². The van der Waals surface area contributed by atoms with Crippen LogP contribution in [-0.4, -0.2) is 17.3 Å². The fourth-order valence-electron chi connectivity index (χ4n) is 1.33. The molecule has 0 atom stereocenters. The highest BCUT2D eigenvalue weighted by atomic mass is 16.5. The highest BCUT2D eigenvalue weighted by Gasteiger charge is 1.99. The number of nitrogens with one attached hydrogen (secondary N) is 2. The molecule has 18 heavy (non-hydrogen) atoms. The molecule has 1 aromatic carbocycles. The Morgan fingerprint density at radius 3 is 2.83 bits per heavy atom. The predicted molar refractivity (Wildman–Crippen MR) is 68.1 cm³/mol. The number of aromatic amines is 1. The third-order valence-electron chi connectivity index (χ3n) is 2.19. The quantitative estimate of drug-likeness (QED) is 0.639.